The zero-order valence-electron chi connectivity index (χ0n) is 13.3. The highest BCUT2D eigenvalue weighted by Crippen LogP contribution is 2.35. The van der Waals surface area contributed by atoms with Gasteiger partial charge >= 0.3 is 0 Å². The van der Waals surface area contributed by atoms with Crippen molar-refractivity contribution >= 4 is 40.6 Å². The molecule has 0 fully saturated rings. The number of aromatic nitrogens is 1. The van der Waals surface area contributed by atoms with Gasteiger partial charge in [0.2, 0.25) is 0 Å². The van der Waals surface area contributed by atoms with Crippen LogP contribution in [0, 0.1) is 0 Å². The normalized spacial score (nSPS) is 13.4. The molecule has 0 saturated heterocycles. The van der Waals surface area contributed by atoms with E-state index in [1.807, 2.05) is 6.26 Å². The fraction of sp³-hybridized carbons (Fsp3) is 0.294. The number of halogens is 1. The summed E-state index contributed by atoms with van der Waals surface area (Å²) < 4.78 is 0. The minimum Gasteiger partial charge on any atom is -0.354 e. The second-order valence-electron chi connectivity index (χ2n) is 5.49. The molecule has 2 heterocycles. The number of rotatable bonds is 4. The Morgan fingerprint density at radius 2 is 2.13 bits per heavy atom. The van der Waals surface area contributed by atoms with Crippen molar-refractivity contribution in [1.29, 1.82) is 0 Å². The fourth-order valence-corrected chi connectivity index (χ4v) is 3.53. The van der Waals surface area contributed by atoms with Crippen LogP contribution < -0.4 is 5.32 Å². The lowest BCUT2D eigenvalue weighted by molar-refractivity contribution is 0.0817. The van der Waals surface area contributed by atoms with Crippen LogP contribution in [-0.2, 0) is 13.0 Å². The van der Waals surface area contributed by atoms with E-state index in [0.29, 0.717) is 22.9 Å². The first-order valence-electron chi connectivity index (χ1n) is 7.42. The highest BCUT2D eigenvalue weighted by atomic mass is 35.5. The molecule has 23 heavy (non-hydrogen) atoms. The van der Waals surface area contributed by atoms with E-state index in [1.165, 1.54) is 5.56 Å². The zero-order valence-corrected chi connectivity index (χ0v) is 14.9. The molecule has 120 valence electrons. The van der Waals surface area contributed by atoms with Crippen LogP contribution in [-0.4, -0.2) is 29.1 Å². The highest BCUT2D eigenvalue weighted by molar-refractivity contribution is 7.98. The third-order valence-corrected chi connectivity index (χ3v) is 4.93. The van der Waals surface area contributed by atoms with Crippen LogP contribution in [0.5, 0.6) is 0 Å². The van der Waals surface area contributed by atoms with Crippen LogP contribution in [0.15, 0.2) is 29.2 Å². The summed E-state index contributed by atoms with van der Waals surface area (Å²) in [6, 6.07) is 8.03. The SMILES string of the molecule is CCc1ccc(Nc2cc(Cl)nc3c2C(=O)N(C)C3)c(SC)c1. The molecule has 3 rings (SSSR count). The maximum Gasteiger partial charge on any atom is 0.257 e. The molecule has 0 spiro atoms. The second-order valence-corrected chi connectivity index (χ2v) is 6.72. The Hall–Kier alpha value is -1.72. The monoisotopic (exact) mass is 347 g/mol. The predicted octanol–water partition coefficient (Wildman–Crippen LogP) is 4.35. The third kappa shape index (κ3) is 3.03. The number of hydrogen-bond acceptors (Lipinski definition) is 4. The summed E-state index contributed by atoms with van der Waals surface area (Å²) in [5.41, 5.74) is 4.32. The Morgan fingerprint density at radius 3 is 2.83 bits per heavy atom. The molecule has 0 radical (unpaired) electrons. The van der Waals surface area contributed by atoms with Crippen LogP contribution in [0.4, 0.5) is 11.4 Å². The van der Waals surface area contributed by atoms with E-state index in [2.05, 4.69) is 35.4 Å². The number of nitrogens with one attached hydrogen (secondary N) is 1. The molecule has 1 aromatic heterocycles. The number of fused-ring (bicyclic) bond motifs is 1. The summed E-state index contributed by atoms with van der Waals surface area (Å²) in [6.07, 6.45) is 3.04. The lowest BCUT2D eigenvalue weighted by Crippen LogP contribution is -2.18. The van der Waals surface area contributed by atoms with Gasteiger partial charge in [0.05, 0.1) is 29.2 Å². The first-order valence-corrected chi connectivity index (χ1v) is 9.02. The minimum absolute atomic E-state index is 0.0254. The number of benzene rings is 1. The molecule has 1 aromatic carbocycles. The molecule has 1 aliphatic heterocycles. The molecule has 2 aromatic rings. The number of anilines is 2. The van der Waals surface area contributed by atoms with Gasteiger partial charge in [0.1, 0.15) is 5.15 Å². The van der Waals surface area contributed by atoms with Crippen LogP contribution in [0.25, 0.3) is 0 Å². The van der Waals surface area contributed by atoms with E-state index in [9.17, 15) is 4.79 Å². The molecule has 1 N–H and O–H groups in total. The van der Waals surface area contributed by atoms with E-state index in [4.69, 9.17) is 11.6 Å². The molecule has 4 nitrogen and oxygen atoms in total. The van der Waals surface area contributed by atoms with Crippen molar-refractivity contribution in [2.45, 2.75) is 24.8 Å². The van der Waals surface area contributed by atoms with Crippen molar-refractivity contribution in [3.05, 3.63) is 46.2 Å². The summed E-state index contributed by atoms with van der Waals surface area (Å²) in [5.74, 6) is -0.0254. The Morgan fingerprint density at radius 1 is 1.35 bits per heavy atom. The first-order chi connectivity index (χ1) is 11.0. The van der Waals surface area contributed by atoms with E-state index >= 15 is 0 Å². The largest absolute Gasteiger partial charge is 0.354 e. The number of pyridine rings is 1. The van der Waals surface area contributed by atoms with Gasteiger partial charge < -0.3 is 10.2 Å². The first kappa shape index (κ1) is 16.1. The summed E-state index contributed by atoms with van der Waals surface area (Å²) >= 11 is 7.80. The topological polar surface area (TPSA) is 45.2 Å². The Labute approximate surface area is 145 Å². The van der Waals surface area contributed by atoms with E-state index in [-0.39, 0.29) is 5.91 Å². The van der Waals surface area contributed by atoms with Crippen molar-refractivity contribution in [2.75, 3.05) is 18.6 Å². The van der Waals surface area contributed by atoms with Crippen LogP contribution in [0.3, 0.4) is 0 Å². The number of nitrogens with zero attached hydrogens (tertiary/aromatic N) is 2. The van der Waals surface area contributed by atoms with Gasteiger partial charge in [-0.2, -0.15) is 0 Å². The molecule has 0 saturated carbocycles. The Balaban J connectivity index is 2.03. The van der Waals surface area contributed by atoms with Gasteiger partial charge in [0.15, 0.2) is 0 Å². The fourth-order valence-electron chi connectivity index (χ4n) is 2.71. The van der Waals surface area contributed by atoms with Gasteiger partial charge in [-0.25, -0.2) is 4.98 Å². The van der Waals surface area contributed by atoms with E-state index in [0.717, 1.165) is 22.7 Å². The van der Waals surface area contributed by atoms with Crippen molar-refractivity contribution < 1.29 is 4.79 Å². The van der Waals surface area contributed by atoms with Crippen LogP contribution >= 0.6 is 23.4 Å². The number of aryl methyl sites for hydroxylation is 1. The molecule has 0 bridgehead atoms. The van der Waals surface area contributed by atoms with Gasteiger partial charge in [-0.1, -0.05) is 24.6 Å². The van der Waals surface area contributed by atoms with Crippen molar-refractivity contribution in [1.82, 2.24) is 9.88 Å². The van der Waals surface area contributed by atoms with Crippen LogP contribution in [0.2, 0.25) is 5.15 Å². The van der Waals surface area contributed by atoms with E-state index < -0.39 is 0 Å². The van der Waals surface area contributed by atoms with Gasteiger partial charge in [0, 0.05) is 11.9 Å². The maximum absolute atomic E-state index is 12.4. The number of carbonyl (C=O) groups excluding carboxylic acids is 1. The average Bonchev–Trinajstić information content (AvgIpc) is 2.82. The standard InChI is InChI=1S/C17H18ClN3OS/c1-4-10-5-6-11(14(7-10)23-3)19-12-8-15(18)20-13-9-21(2)17(22)16(12)13/h5-8H,4,9H2,1-3H3,(H,19,20). The summed E-state index contributed by atoms with van der Waals surface area (Å²) in [5, 5.41) is 3.77. The molecular weight excluding hydrogens is 330 g/mol. The van der Waals surface area contributed by atoms with Crippen molar-refractivity contribution in [3.63, 3.8) is 0 Å². The average molecular weight is 348 g/mol. The molecule has 0 aliphatic carbocycles. The van der Waals surface area contributed by atoms with Gasteiger partial charge in [-0.05, 0) is 36.4 Å². The van der Waals surface area contributed by atoms with E-state index in [1.54, 1.807) is 29.8 Å². The summed E-state index contributed by atoms with van der Waals surface area (Å²) in [7, 11) is 1.77. The molecule has 0 atom stereocenters. The third-order valence-electron chi connectivity index (χ3n) is 3.95. The predicted molar refractivity (Wildman–Crippen MR) is 95.9 cm³/mol. The number of thioether (sulfide) groups is 1. The Kier molecular flexibility index (Phi) is 4.50. The Bertz CT molecular complexity index is 779. The van der Waals surface area contributed by atoms with Crippen molar-refractivity contribution in [3.8, 4) is 0 Å². The molecule has 6 heteroatoms. The smallest absolute Gasteiger partial charge is 0.257 e. The lowest BCUT2D eigenvalue weighted by Gasteiger charge is -2.14. The zero-order chi connectivity index (χ0) is 16.6. The van der Waals surface area contributed by atoms with Crippen LogP contribution in [0.1, 0.15) is 28.5 Å². The van der Waals surface area contributed by atoms with Gasteiger partial charge in [-0.15, -0.1) is 11.8 Å². The maximum atomic E-state index is 12.4. The molecule has 1 aliphatic rings. The molecule has 1 amide bonds. The molecule has 0 unspecified atom stereocenters. The van der Waals surface area contributed by atoms with Gasteiger partial charge in [0.25, 0.3) is 5.91 Å². The highest BCUT2D eigenvalue weighted by Gasteiger charge is 2.29. The number of hydrogen-bond donors (Lipinski definition) is 1. The van der Waals surface area contributed by atoms with Gasteiger partial charge in [-0.3, -0.25) is 4.79 Å². The minimum atomic E-state index is -0.0254. The number of carbonyl (C=O) groups is 1. The quantitative estimate of drug-likeness (QED) is 0.659. The summed E-state index contributed by atoms with van der Waals surface area (Å²) in [6.45, 7) is 2.63. The van der Waals surface area contributed by atoms with Crippen molar-refractivity contribution in [2.24, 2.45) is 0 Å². The second kappa shape index (κ2) is 6.42. The summed E-state index contributed by atoms with van der Waals surface area (Å²) in [4.78, 5) is 19.4. The lowest BCUT2D eigenvalue weighted by atomic mass is 10.1. The molecular formula is C17H18ClN3OS. The number of amides is 1.